The van der Waals surface area contributed by atoms with E-state index in [4.69, 9.17) is 11.6 Å². The average molecular weight is 338 g/mol. The summed E-state index contributed by atoms with van der Waals surface area (Å²) in [5.74, 6) is 0. The lowest BCUT2D eigenvalue weighted by Gasteiger charge is -2.07. The van der Waals surface area contributed by atoms with Gasteiger partial charge in [-0.05, 0) is 24.3 Å². The van der Waals surface area contributed by atoms with E-state index in [-0.39, 0.29) is 0 Å². The van der Waals surface area contributed by atoms with Gasteiger partial charge in [-0.1, -0.05) is 35.9 Å². The smallest absolute Gasteiger partial charge is 0.305 e. The lowest BCUT2D eigenvalue weighted by molar-refractivity contribution is 0.256. The van der Waals surface area contributed by atoms with E-state index in [1.165, 1.54) is 0 Å². The van der Waals surface area contributed by atoms with Crippen LogP contribution in [0.4, 0.5) is 16.2 Å². The number of hydrogen-bond donors (Lipinski definition) is 2. The number of hydrogen-bond acceptors (Lipinski definition) is 3. The summed E-state index contributed by atoms with van der Waals surface area (Å²) in [5.41, 5.74) is 3.14. The zero-order valence-corrected chi connectivity index (χ0v) is 13.0. The molecule has 2 N–H and O–H groups in total. The Morgan fingerprint density at radius 2 is 1.83 bits per heavy atom. The lowest BCUT2D eigenvalue weighted by Crippen LogP contribution is -2.12. The predicted octanol–water partition coefficient (Wildman–Crippen LogP) is 3.54. The van der Waals surface area contributed by atoms with Crippen molar-refractivity contribution in [1.82, 2.24) is 15.3 Å². The number of amides is 2. The normalized spacial score (nSPS) is 12.5. The van der Waals surface area contributed by atoms with Crippen molar-refractivity contribution in [2.24, 2.45) is 0 Å². The SMILES string of the molecule is O=C1[N]c2cc(-c3cc(-c4ccccc4Cl)[nH]c(=O)n3)ccc2N1. The van der Waals surface area contributed by atoms with Crippen molar-refractivity contribution < 1.29 is 4.79 Å². The van der Waals surface area contributed by atoms with E-state index < -0.39 is 11.7 Å². The zero-order chi connectivity index (χ0) is 16.7. The van der Waals surface area contributed by atoms with Crippen LogP contribution in [0.2, 0.25) is 5.02 Å². The topological polar surface area (TPSA) is 89.0 Å². The van der Waals surface area contributed by atoms with Crippen LogP contribution in [0.5, 0.6) is 0 Å². The molecular formula is C17H10ClN4O2. The van der Waals surface area contributed by atoms with Crippen LogP contribution in [0.3, 0.4) is 0 Å². The third-order valence-electron chi connectivity index (χ3n) is 3.67. The Morgan fingerprint density at radius 1 is 1.00 bits per heavy atom. The van der Waals surface area contributed by atoms with Gasteiger partial charge in [0.05, 0.1) is 22.8 Å². The highest BCUT2D eigenvalue weighted by atomic mass is 35.5. The molecule has 3 aromatic rings. The molecule has 1 aromatic heterocycles. The summed E-state index contributed by atoms with van der Waals surface area (Å²) in [6.45, 7) is 0. The maximum atomic E-state index is 12.0. The van der Waals surface area contributed by atoms with E-state index in [1.54, 1.807) is 30.3 Å². The van der Waals surface area contributed by atoms with Crippen LogP contribution >= 0.6 is 11.6 Å². The van der Waals surface area contributed by atoms with E-state index in [9.17, 15) is 9.59 Å². The number of rotatable bonds is 2. The minimum Gasteiger partial charge on any atom is -0.305 e. The number of anilines is 1. The van der Waals surface area contributed by atoms with Gasteiger partial charge >= 0.3 is 11.7 Å². The molecular weight excluding hydrogens is 328 g/mol. The molecule has 0 spiro atoms. The third-order valence-corrected chi connectivity index (χ3v) is 4.00. The highest BCUT2D eigenvalue weighted by Gasteiger charge is 2.19. The quantitative estimate of drug-likeness (QED) is 0.749. The van der Waals surface area contributed by atoms with Gasteiger partial charge in [0.15, 0.2) is 0 Å². The van der Waals surface area contributed by atoms with E-state index >= 15 is 0 Å². The second kappa shape index (κ2) is 5.50. The van der Waals surface area contributed by atoms with Crippen molar-refractivity contribution in [1.29, 1.82) is 0 Å². The van der Waals surface area contributed by atoms with Crippen molar-refractivity contribution in [2.45, 2.75) is 0 Å². The van der Waals surface area contributed by atoms with Crippen molar-refractivity contribution in [2.75, 3.05) is 5.32 Å². The molecule has 7 heteroatoms. The number of aromatic amines is 1. The number of aromatic nitrogens is 2. The summed E-state index contributed by atoms with van der Waals surface area (Å²) < 4.78 is 0. The van der Waals surface area contributed by atoms with E-state index in [1.807, 2.05) is 18.2 Å². The Kier molecular flexibility index (Phi) is 3.32. The van der Waals surface area contributed by atoms with Gasteiger partial charge in [0.25, 0.3) is 0 Å². The summed E-state index contributed by atoms with van der Waals surface area (Å²) in [4.78, 5) is 30.0. The fourth-order valence-electron chi connectivity index (χ4n) is 2.57. The summed E-state index contributed by atoms with van der Waals surface area (Å²) in [6.07, 6.45) is 0. The zero-order valence-electron chi connectivity index (χ0n) is 12.2. The summed E-state index contributed by atoms with van der Waals surface area (Å²) in [5, 5.41) is 7.02. The summed E-state index contributed by atoms with van der Waals surface area (Å²) in [7, 11) is 0. The van der Waals surface area contributed by atoms with E-state index in [0.29, 0.717) is 38.9 Å². The van der Waals surface area contributed by atoms with Gasteiger partial charge in [-0.3, -0.25) is 0 Å². The number of nitrogens with zero attached hydrogens (tertiary/aromatic N) is 2. The fraction of sp³-hybridized carbons (Fsp3) is 0. The number of benzene rings is 2. The van der Waals surface area contributed by atoms with Gasteiger partial charge in [0.2, 0.25) is 0 Å². The minimum atomic E-state index is -0.478. The molecule has 6 nitrogen and oxygen atoms in total. The highest BCUT2D eigenvalue weighted by molar-refractivity contribution is 6.33. The Labute approximate surface area is 141 Å². The Morgan fingerprint density at radius 3 is 2.67 bits per heavy atom. The highest BCUT2D eigenvalue weighted by Crippen LogP contribution is 2.33. The first-order chi connectivity index (χ1) is 11.6. The third kappa shape index (κ3) is 2.53. The van der Waals surface area contributed by atoms with Crippen LogP contribution in [-0.2, 0) is 0 Å². The summed E-state index contributed by atoms with van der Waals surface area (Å²) >= 11 is 6.20. The van der Waals surface area contributed by atoms with Crippen molar-refractivity contribution in [3.05, 3.63) is 64.0 Å². The number of carbonyl (C=O) groups excluding carboxylic acids is 1. The van der Waals surface area contributed by atoms with Gasteiger partial charge in [-0.25, -0.2) is 9.59 Å². The second-order valence-electron chi connectivity index (χ2n) is 5.24. The molecule has 2 heterocycles. The first-order valence-corrected chi connectivity index (χ1v) is 7.51. The van der Waals surface area contributed by atoms with Gasteiger partial charge in [0.1, 0.15) is 0 Å². The minimum absolute atomic E-state index is 0.405. The summed E-state index contributed by atoms with van der Waals surface area (Å²) in [6, 6.07) is 13.8. The number of H-pyrrole nitrogens is 1. The van der Waals surface area contributed by atoms with Gasteiger partial charge < -0.3 is 10.3 Å². The molecule has 0 saturated heterocycles. The largest absolute Gasteiger partial charge is 0.346 e. The van der Waals surface area contributed by atoms with Crippen LogP contribution in [0, 0.1) is 0 Å². The van der Waals surface area contributed by atoms with Gasteiger partial charge in [0, 0.05) is 16.1 Å². The molecule has 24 heavy (non-hydrogen) atoms. The van der Waals surface area contributed by atoms with Crippen molar-refractivity contribution >= 4 is 29.0 Å². The molecule has 0 unspecified atom stereocenters. The Balaban J connectivity index is 1.83. The molecule has 0 fully saturated rings. The van der Waals surface area contributed by atoms with Crippen LogP contribution in [0.15, 0.2) is 53.3 Å². The van der Waals surface area contributed by atoms with Crippen LogP contribution < -0.4 is 16.3 Å². The van der Waals surface area contributed by atoms with Crippen LogP contribution in [0.25, 0.3) is 22.5 Å². The monoisotopic (exact) mass is 337 g/mol. The maximum absolute atomic E-state index is 12.0. The number of halogens is 1. The Hall–Kier alpha value is -3.12. The fourth-order valence-corrected chi connectivity index (χ4v) is 2.81. The Bertz CT molecular complexity index is 1030. The first-order valence-electron chi connectivity index (χ1n) is 7.13. The molecule has 4 rings (SSSR count). The number of carbonyl (C=O) groups is 1. The van der Waals surface area contributed by atoms with E-state index in [2.05, 4.69) is 20.6 Å². The maximum Gasteiger partial charge on any atom is 0.346 e. The molecule has 1 radical (unpaired) electrons. The van der Waals surface area contributed by atoms with Gasteiger partial charge in [-0.15, -0.1) is 0 Å². The van der Waals surface area contributed by atoms with Crippen molar-refractivity contribution in [3.8, 4) is 22.5 Å². The number of urea groups is 1. The molecule has 117 valence electrons. The molecule has 2 amide bonds. The molecule has 0 bridgehead atoms. The molecule has 0 saturated carbocycles. The van der Waals surface area contributed by atoms with Crippen molar-refractivity contribution in [3.63, 3.8) is 0 Å². The average Bonchev–Trinajstić information content (AvgIpc) is 2.93. The molecule has 2 aromatic carbocycles. The number of nitrogens with one attached hydrogen (secondary N) is 2. The van der Waals surface area contributed by atoms with Crippen LogP contribution in [0.1, 0.15) is 0 Å². The molecule has 1 aliphatic heterocycles. The standard InChI is InChI=1S/C17H10ClN4O2/c18-11-4-2-1-3-10(11)14-8-13(20-17(24)21-14)9-5-6-12-15(7-9)22-16(23)19-12/h1-8H,(H,19,23)(H,20,21,24). The van der Waals surface area contributed by atoms with Crippen LogP contribution in [-0.4, -0.2) is 16.0 Å². The predicted molar refractivity (Wildman–Crippen MR) is 91.6 cm³/mol. The first kappa shape index (κ1) is 14.5. The molecule has 1 aliphatic rings. The molecule has 0 aliphatic carbocycles. The van der Waals surface area contributed by atoms with Gasteiger partial charge in [-0.2, -0.15) is 10.3 Å². The lowest BCUT2D eigenvalue weighted by atomic mass is 10.1. The molecule has 0 atom stereocenters. The van der Waals surface area contributed by atoms with E-state index in [0.717, 1.165) is 0 Å². The second-order valence-corrected chi connectivity index (χ2v) is 5.65. The number of fused-ring (bicyclic) bond motifs is 1.